The number of halogens is 2. The SMILES string of the molecule is O=C(O)CCCc1ccnc(F)c1F. The lowest BCUT2D eigenvalue weighted by molar-refractivity contribution is -0.137. The lowest BCUT2D eigenvalue weighted by Gasteiger charge is -2.01. The number of aliphatic carboxylic acids is 1. The van der Waals surface area contributed by atoms with Gasteiger partial charge in [-0.3, -0.25) is 4.79 Å². The van der Waals surface area contributed by atoms with E-state index in [2.05, 4.69) is 4.98 Å². The van der Waals surface area contributed by atoms with E-state index in [0.29, 0.717) is 0 Å². The smallest absolute Gasteiger partial charge is 0.303 e. The van der Waals surface area contributed by atoms with Gasteiger partial charge in [0.2, 0.25) is 5.95 Å². The number of carboxylic acids is 1. The Labute approximate surface area is 79.4 Å². The summed E-state index contributed by atoms with van der Waals surface area (Å²) >= 11 is 0. The normalized spacial score (nSPS) is 10.1. The van der Waals surface area contributed by atoms with Gasteiger partial charge in [0.15, 0.2) is 5.82 Å². The van der Waals surface area contributed by atoms with Gasteiger partial charge in [-0.15, -0.1) is 0 Å². The minimum atomic E-state index is -1.14. The summed E-state index contributed by atoms with van der Waals surface area (Å²) in [6.45, 7) is 0. The van der Waals surface area contributed by atoms with Crippen molar-refractivity contribution in [3.63, 3.8) is 0 Å². The molecular weight excluding hydrogens is 192 g/mol. The number of hydrogen-bond donors (Lipinski definition) is 1. The Morgan fingerprint density at radius 2 is 2.21 bits per heavy atom. The van der Waals surface area contributed by atoms with Gasteiger partial charge in [0, 0.05) is 12.6 Å². The molecule has 0 aromatic carbocycles. The van der Waals surface area contributed by atoms with Gasteiger partial charge in [-0.2, -0.15) is 4.39 Å². The first-order chi connectivity index (χ1) is 6.61. The quantitative estimate of drug-likeness (QED) is 0.755. The number of carboxylic acid groups (broad SMARTS) is 1. The zero-order valence-electron chi connectivity index (χ0n) is 7.33. The predicted molar refractivity (Wildman–Crippen MR) is 44.7 cm³/mol. The standard InChI is InChI=1S/C9H9F2NO2/c10-8-6(2-1-3-7(13)14)4-5-12-9(8)11/h4-5H,1-3H2,(H,13,14). The van der Waals surface area contributed by atoms with Gasteiger partial charge in [-0.25, -0.2) is 9.37 Å². The molecule has 0 bridgehead atoms. The second-order valence-corrected chi connectivity index (χ2v) is 2.82. The molecule has 1 N–H and O–H groups in total. The Hall–Kier alpha value is -1.52. The molecule has 1 heterocycles. The molecule has 0 aliphatic carbocycles. The Morgan fingerprint density at radius 3 is 2.86 bits per heavy atom. The van der Waals surface area contributed by atoms with Crippen LogP contribution in [0.5, 0.6) is 0 Å². The third kappa shape index (κ3) is 2.76. The molecule has 5 heteroatoms. The molecule has 0 radical (unpaired) electrons. The maximum Gasteiger partial charge on any atom is 0.303 e. The van der Waals surface area contributed by atoms with Crippen LogP contribution >= 0.6 is 0 Å². The van der Waals surface area contributed by atoms with Crippen molar-refractivity contribution in [1.82, 2.24) is 4.98 Å². The van der Waals surface area contributed by atoms with Crippen LogP contribution in [0.3, 0.4) is 0 Å². The minimum Gasteiger partial charge on any atom is -0.481 e. The number of aromatic nitrogens is 1. The fourth-order valence-corrected chi connectivity index (χ4v) is 1.08. The first-order valence-corrected chi connectivity index (χ1v) is 4.12. The second-order valence-electron chi connectivity index (χ2n) is 2.82. The van der Waals surface area contributed by atoms with E-state index in [9.17, 15) is 13.6 Å². The molecule has 0 atom stereocenters. The average Bonchev–Trinajstić information content (AvgIpc) is 2.12. The van der Waals surface area contributed by atoms with E-state index >= 15 is 0 Å². The molecule has 14 heavy (non-hydrogen) atoms. The first kappa shape index (κ1) is 10.6. The van der Waals surface area contributed by atoms with Crippen LogP contribution in [0.2, 0.25) is 0 Å². The second kappa shape index (κ2) is 4.64. The van der Waals surface area contributed by atoms with Crippen LogP contribution in [-0.4, -0.2) is 16.1 Å². The van der Waals surface area contributed by atoms with E-state index in [1.165, 1.54) is 6.07 Å². The third-order valence-corrected chi connectivity index (χ3v) is 1.76. The molecule has 0 aliphatic rings. The van der Waals surface area contributed by atoms with Crippen LogP contribution in [-0.2, 0) is 11.2 Å². The molecule has 0 amide bonds. The molecule has 1 aromatic rings. The van der Waals surface area contributed by atoms with Crippen molar-refractivity contribution in [2.75, 3.05) is 0 Å². The summed E-state index contributed by atoms with van der Waals surface area (Å²) in [5, 5.41) is 8.34. The van der Waals surface area contributed by atoms with Gasteiger partial charge >= 0.3 is 5.97 Å². The maximum atomic E-state index is 12.9. The number of carbonyl (C=O) groups is 1. The van der Waals surface area contributed by atoms with Crippen molar-refractivity contribution in [2.45, 2.75) is 19.3 Å². The number of rotatable bonds is 4. The van der Waals surface area contributed by atoms with E-state index in [4.69, 9.17) is 5.11 Å². The van der Waals surface area contributed by atoms with E-state index in [1.54, 1.807) is 0 Å². The summed E-state index contributed by atoms with van der Waals surface area (Å²) in [5.41, 5.74) is 0.166. The Morgan fingerprint density at radius 1 is 1.50 bits per heavy atom. The van der Waals surface area contributed by atoms with Crippen LogP contribution in [0.25, 0.3) is 0 Å². The fourth-order valence-electron chi connectivity index (χ4n) is 1.08. The monoisotopic (exact) mass is 201 g/mol. The highest BCUT2D eigenvalue weighted by Gasteiger charge is 2.08. The van der Waals surface area contributed by atoms with Crippen LogP contribution < -0.4 is 0 Å². The summed E-state index contributed by atoms with van der Waals surface area (Å²) in [6, 6.07) is 1.35. The van der Waals surface area contributed by atoms with Gasteiger partial charge in [-0.1, -0.05) is 0 Å². The van der Waals surface area contributed by atoms with Gasteiger partial charge in [0.05, 0.1) is 0 Å². The van der Waals surface area contributed by atoms with Gasteiger partial charge in [0.25, 0.3) is 0 Å². The Balaban J connectivity index is 2.59. The van der Waals surface area contributed by atoms with Crippen LogP contribution in [0.4, 0.5) is 8.78 Å². The minimum absolute atomic E-state index is 0.0522. The van der Waals surface area contributed by atoms with Crippen LogP contribution in [0.1, 0.15) is 18.4 Å². The number of hydrogen-bond acceptors (Lipinski definition) is 2. The summed E-state index contributed by atoms with van der Waals surface area (Å²) < 4.78 is 25.5. The average molecular weight is 201 g/mol. The zero-order valence-corrected chi connectivity index (χ0v) is 7.33. The van der Waals surface area contributed by atoms with Crippen molar-refractivity contribution in [3.05, 3.63) is 29.6 Å². The highest BCUT2D eigenvalue weighted by Crippen LogP contribution is 2.11. The number of aryl methyl sites for hydroxylation is 1. The largest absolute Gasteiger partial charge is 0.481 e. The van der Waals surface area contributed by atoms with E-state index in [-0.39, 0.29) is 24.8 Å². The van der Waals surface area contributed by atoms with Crippen molar-refractivity contribution >= 4 is 5.97 Å². The number of nitrogens with zero attached hydrogens (tertiary/aromatic N) is 1. The van der Waals surface area contributed by atoms with Gasteiger partial charge < -0.3 is 5.11 Å². The first-order valence-electron chi connectivity index (χ1n) is 4.12. The van der Waals surface area contributed by atoms with E-state index < -0.39 is 17.7 Å². The molecule has 0 fully saturated rings. The van der Waals surface area contributed by atoms with Crippen molar-refractivity contribution in [1.29, 1.82) is 0 Å². The summed E-state index contributed by atoms with van der Waals surface area (Å²) in [6.07, 6.45) is 1.60. The maximum absolute atomic E-state index is 12.9. The lowest BCUT2D eigenvalue weighted by atomic mass is 10.1. The van der Waals surface area contributed by atoms with Gasteiger partial charge in [0.1, 0.15) is 0 Å². The molecule has 0 saturated heterocycles. The van der Waals surface area contributed by atoms with Crippen LogP contribution in [0.15, 0.2) is 12.3 Å². The molecule has 0 saturated carbocycles. The molecule has 76 valence electrons. The highest BCUT2D eigenvalue weighted by atomic mass is 19.2. The highest BCUT2D eigenvalue weighted by molar-refractivity contribution is 5.66. The van der Waals surface area contributed by atoms with Crippen molar-refractivity contribution in [3.8, 4) is 0 Å². The van der Waals surface area contributed by atoms with E-state index in [0.717, 1.165) is 6.20 Å². The topological polar surface area (TPSA) is 50.2 Å². The molecule has 0 spiro atoms. The molecule has 1 aromatic heterocycles. The van der Waals surface area contributed by atoms with Gasteiger partial charge in [-0.05, 0) is 24.5 Å². The summed E-state index contributed by atoms with van der Waals surface area (Å²) in [5.74, 6) is -3.07. The molecule has 0 aliphatic heterocycles. The Bertz CT molecular complexity index is 342. The number of pyridine rings is 1. The fraction of sp³-hybridized carbons (Fsp3) is 0.333. The molecule has 1 rings (SSSR count). The zero-order chi connectivity index (χ0) is 10.6. The lowest BCUT2D eigenvalue weighted by Crippen LogP contribution is -2.00. The molecule has 0 unspecified atom stereocenters. The third-order valence-electron chi connectivity index (χ3n) is 1.76. The molecular formula is C9H9F2NO2. The van der Waals surface area contributed by atoms with Crippen LogP contribution in [0, 0.1) is 11.8 Å². The van der Waals surface area contributed by atoms with E-state index in [1.807, 2.05) is 0 Å². The predicted octanol–water partition coefficient (Wildman–Crippen LogP) is 1.77. The summed E-state index contributed by atoms with van der Waals surface area (Å²) in [7, 11) is 0. The van der Waals surface area contributed by atoms with Crippen molar-refractivity contribution < 1.29 is 18.7 Å². The summed E-state index contributed by atoms with van der Waals surface area (Å²) in [4.78, 5) is 13.3. The molecule has 3 nitrogen and oxygen atoms in total. The Kier molecular flexibility index (Phi) is 3.50. The van der Waals surface area contributed by atoms with Crippen molar-refractivity contribution in [2.24, 2.45) is 0 Å².